The number of likely N-dealkylation sites (tertiary alicyclic amines) is 2. The average molecular weight is 307 g/mol. The number of hydrogen-bond donors (Lipinski definition) is 0. The standard InChI is InChI=1S/C17H23ClN2O/c18-16-7-5-14(6-8-16)12-19-9-3-4-15(13-19)17(21)20-10-1-2-11-20/h5-8,15H,1-4,9-13H2/t15-/m0/s1. The molecule has 0 N–H and O–H groups in total. The molecule has 2 aliphatic rings. The topological polar surface area (TPSA) is 23.6 Å². The molecule has 1 amide bonds. The molecule has 4 heteroatoms. The van der Waals surface area contributed by atoms with E-state index >= 15 is 0 Å². The van der Waals surface area contributed by atoms with Crippen LogP contribution in [0, 0.1) is 5.92 Å². The lowest BCUT2D eigenvalue weighted by molar-refractivity contribution is -0.136. The zero-order valence-electron chi connectivity index (χ0n) is 12.4. The summed E-state index contributed by atoms with van der Waals surface area (Å²) in [6.45, 7) is 4.84. The third-order valence-corrected chi connectivity index (χ3v) is 4.84. The molecule has 0 spiro atoms. The highest BCUT2D eigenvalue weighted by atomic mass is 35.5. The van der Waals surface area contributed by atoms with E-state index in [1.165, 1.54) is 18.4 Å². The predicted octanol–water partition coefficient (Wildman–Crippen LogP) is 3.17. The quantitative estimate of drug-likeness (QED) is 0.856. The predicted molar refractivity (Wildman–Crippen MR) is 85.3 cm³/mol. The fraction of sp³-hybridized carbons (Fsp3) is 0.588. The molecular weight excluding hydrogens is 284 g/mol. The van der Waals surface area contributed by atoms with E-state index in [-0.39, 0.29) is 5.92 Å². The number of carbonyl (C=O) groups is 1. The van der Waals surface area contributed by atoms with E-state index in [0.717, 1.165) is 50.6 Å². The number of piperidine rings is 1. The van der Waals surface area contributed by atoms with Crippen molar-refractivity contribution in [3.8, 4) is 0 Å². The Bertz CT molecular complexity index is 482. The van der Waals surface area contributed by atoms with Crippen molar-refractivity contribution in [2.75, 3.05) is 26.2 Å². The molecule has 21 heavy (non-hydrogen) atoms. The minimum absolute atomic E-state index is 0.198. The summed E-state index contributed by atoms with van der Waals surface area (Å²) in [5.74, 6) is 0.581. The summed E-state index contributed by atoms with van der Waals surface area (Å²) in [5.41, 5.74) is 1.27. The first kappa shape index (κ1) is 14.9. The molecule has 1 aromatic rings. The molecule has 2 aliphatic heterocycles. The lowest BCUT2D eigenvalue weighted by Crippen LogP contribution is -2.43. The number of halogens is 1. The number of benzene rings is 1. The Hall–Kier alpha value is -1.06. The van der Waals surface area contributed by atoms with Crippen molar-refractivity contribution in [2.45, 2.75) is 32.2 Å². The van der Waals surface area contributed by atoms with Crippen molar-refractivity contribution < 1.29 is 4.79 Å². The monoisotopic (exact) mass is 306 g/mol. The molecule has 0 unspecified atom stereocenters. The first-order chi connectivity index (χ1) is 10.2. The third-order valence-electron chi connectivity index (χ3n) is 4.59. The van der Waals surface area contributed by atoms with E-state index in [2.05, 4.69) is 21.9 Å². The van der Waals surface area contributed by atoms with E-state index in [1.54, 1.807) is 0 Å². The highest BCUT2D eigenvalue weighted by Gasteiger charge is 2.30. The highest BCUT2D eigenvalue weighted by molar-refractivity contribution is 6.30. The average Bonchev–Trinajstić information content (AvgIpc) is 3.03. The van der Waals surface area contributed by atoms with Crippen LogP contribution in [0.25, 0.3) is 0 Å². The summed E-state index contributed by atoms with van der Waals surface area (Å²) in [6.07, 6.45) is 4.52. The first-order valence-electron chi connectivity index (χ1n) is 7.98. The van der Waals surface area contributed by atoms with Gasteiger partial charge in [0.1, 0.15) is 0 Å². The molecule has 0 bridgehead atoms. The molecular formula is C17H23ClN2O. The van der Waals surface area contributed by atoms with Gasteiger partial charge in [-0.1, -0.05) is 23.7 Å². The highest BCUT2D eigenvalue weighted by Crippen LogP contribution is 2.23. The maximum Gasteiger partial charge on any atom is 0.226 e. The maximum absolute atomic E-state index is 12.5. The molecule has 3 nitrogen and oxygen atoms in total. The van der Waals surface area contributed by atoms with Crippen molar-refractivity contribution in [1.29, 1.82) is 0 Å². The Balaban J connectivity index is 1.57. The van der Waals surface area contributed by atoms with Gasteiger partial charge in [0.2, 0.25) is 5.91 Å². The fourth-order valence-corrected chi connectivity index (χ4v) is 3.57. The van der Waals surface area contributed by atoms with Gasteiger partial charge in [-0.3, -0.25) is 9.69 Å². The van der Waals surface area contributed by atoms with Crippen LogP contribution < -0.4 is 0 Å². The van der Waals surface area contributed by atoms with Crippen LogP contribution in [0.5, 0.6) is 0 Å². The van der Waals surface area contributed by atoms with Gasteiger partial charge in [-0.2, -0.15) is 0 Å². The van der Waals surface area contributed by atoms with Crippen LogP contribution in [0.3, 0.4) is 0 Å². The van der Waals surface area contributed by atoms with Gasteiger partial charge in [0.25, 0.3) is 0 Å². The summed E-state index contributed by atoms with van der Waals surface area (Å²) in [5, 5.41) is 0.777. The number of nitrogens with zero attached hydrogens (tertiary/aromatic N) is 2. The Morgan fingerprint density at radius 3 is 2.52 bits per heavy atom. The maximum atomic E-state index is 12.5. The number of rotatable bonds is 3. The van der Waals surface area contributed by atoms with Crippen molar-refractivity contribution in [2.24, 2.45) is 5.92 Å². The van der Waals surface area contributed by atoms with Gasteiger partial charge in [-0.25, -0.2) is 0 Å². The van der Waals surface area contributed by atoms with Crippen LogP contribution in [0.1, 0.15) is 31.2 Å². The van der Waals surface area contributed by atoms with Crippen LogP contribution in [0.2, 0.25) is 5.02 Å². The summed E-state index contributed by atoms with van der Waals surface area (Å²) in [6, 6.07) is 8.03. The Morgan fingerprint density at radius 1 is 1.10 bits per heavy atom. The number of amides is 1. The first-order valence-corrected chi connectivity index (χ1v) is 8.36. The molecule has 2 fully saturated rings. The molecule has 1 aromatic carbocycles. The smallest absolute Gasteiger partial charge is 0.226 e. The van der Waals surface area contributed by atoms with E-state index in [0.29, 0.717) is 5.91 Å². The second kappa shape index (κ2) is 6.80. The van der Waals surface area contributed by atoms with Crippen LogP contribution in [-0.4, -0.2) is 41.9 Å². The van der Waals surface area contributed by atoms with Crippen LogP contribution in [-0.2, 0) is 11.3 Å². The van der Waals surface area contributed by atoms with Gasteiger partial charge in [0.05, 0.1) is 5.92 Å². The lowest BCUT2D eigenvalue weighted by atomic mass is 9.96. The molecule has 3 rings (SSSR count). The largest absolute Gasteiger partial charge is 0.342 e. The van der Waals surface area contributed by atoms with Crippen LogP contribution in [0.15, 0.2) is 24.3 Å². The second-order valence-electron chi connectivity index (χ2n) is 6.23. The lowest BCUT2D eigenvalue weighted by Gasteiger charge is -2.34. The third kappa shape index (κ3) is 3.78. The molecule has 2 saturated heterocycles. The summed E-state index contributed by atoms with van der Waals surface area (Å²) in [4.78, 5) is 17.0. The Morgan fingerprint density at radius 2 is 1.81 bits per heavy atom. The zero-order valence-corrected chi connectivity index (χ0v) is 13.2. The van der Waals surface area contributed by atoms with Crippen molar-refractivity contribution >= 4 is 17.5 Å². The normalized spacial score (nSPS) is 23.5. The van der Waals surface area contributed by atoms with Crippen molar-refractivity contribution in [1.82, 2.24) is 9.80 Å². The van der Waals surface area contributed by atoms with Crippen LogP contribution >= 0.6 is 11.6 Å². The Labute approximate surface area is 131 Å². The fourth-order valence-electron chi connectivity index (χ4n) is 3.44. The van der Waals surface area contributed by atoms with Crippen LogP contribution in [0.4, 0.5) is 0 Å². The van der Waals surface area contributed by atoms with E-state index in [9.17, 15) is 4.79 Å². The second-order valence-corrected chi connectivity index (χ2v) is 6.67. The number of hydrogen-bond acceptors (Lipinski definition) is 2. The van der Waals surface area contributed by atoms with Gasteiger partial charge in [0, 0.05) is 31.2 Å². The molecule has 0 aliphatic carbocycles. The van der Waals surface area contributed by atoms with E-state index in [4.69, 9.17) is 11.6 Å². The van der Waals surface area contributed by atoms with Crippen molar-refractivity contribution in [3.05, 3.63) is 34.9 Å². The van der Waals surface area contributed by atoms with Gasteiger partial charge in [-0.15, -0.1) is 0 Å². The van der Waals surface area contributed by atoms with Gasteiger partial charge in [-0.05, 0) is 49.9 Å². The van der Waals surface area contributed by atoms with Gasteiger partial charge >= 0.3 is 0 Å². The summed E-state index contributed by atoms with van der Waals surface area (Å²) in [7, 11) is 0. The van der Waals surface area contributed by atoms with E-state index in [1.807, 2.05) is 12.1 Å². The van der Waals surface area contributed by atoms with Gasteiger partial charge < -0.3 is 4.90 Å². The SMILES string of the molecule is O=C([C@H]1CCCN(Cc2ccc(Cl)cc2)C1)N1CCCC1. The summed E-state index contributed by atoms with van der Waals surface area (Å²) >= 11 is 5.93. The zero-order chi connectivity index (χ0) is 14.7. The summed E-state index contributed by atoms with van der Waals surface area (Å²) < 4.78 is 0. The van der Waals surface area contributed by atoms with E-state index < -0.39 is 0 Å². The molecule has 0 aromatic heterocycles. The Kier molecular flexibility index (Phi) is 4.81. The molecule has 0 radical (unpaired) electrons. The van der Waals surface area contributed by atoms with Crippen molar-refractivity contribution in [3.63, 3.8) is 0 Å². The molecule has 0 saturated carbocycles. The molecule has 1 atom stereocenters. The molecule has 2 heterocycles. The number of carbonyl (C=O) groups excluding carboxylic acids is 1. The molecule has 114 valence electrons. The van der Waals surface area contributed by atoms with Gasteiger partial charge in [0.15, 0.2) is 0 Å². The minimum atomic E-state index is 0.198. The minimum Gasteiger partial charge on any atom is -0.342 e.